The largest absolute Gasteiger partial charge is 0.465 e. The highest BCUT2D eigenvalue weighted by molar-refractivity contribution is 7.19. The van der Waals surface area contributed by atoms with Crippen LogP contribution in [0.2, 0.25) is 0 Å². The first-order chi connectivity index (χ1) is 9.85. The van der Waals surface area contributed by atoms with Gasteiger partial charge in [0.15, 0.2) is 0 Å². The van der Waals surface area contributed by atoms with Crippen LogP contribution in [-0.2, 0) is 9.47 Å². The van der Waals surface area contributed by atoms with Crippen LogP contribution < -0.4 is 16.4 Å². The van der Waals surface area contributed by atoms with E-state index in [1.165, 1.54) is 7.11 Å². The van der Waals surface area contributed by atoms with E-state index in [0.717, 1.165) is 11.3 Å². The van der Waals surface area contributed by atoms with E-state index in [2.05, 4.69) is 0 Å². The predicted octanol–water partition coefficient (Wildman–Crippen LogP) is 0.829. The number of carbonyl (C=O) groups is 2. The number of nitrogens with zero attached hydrogens (tertiary/aromatic N) is 1. The van der Waals surface area contributed by atoms with Crippen LogP contribution in [0, 0.1) is 0 Å². The summed E-state index contributed by atoms with van der Waals surface area (Å²) >= 11 is 1.13. The number of methoxy groups -OCH3 is 1. The van der Waals surface area contributed by atoms with Gasteiger partial charge in [0.05, 0.1) is 30.6 Å². The molecule has 0 radical (unpaired) electrons. The summed E-state index contributed by atoms with van der Waals surface area (Å²) in [6.45, 7) is 5.10. The second-order valence-corrected chi connectivity index (χ2v) is 6.04. The lowest BCUT2D eigenvalue weighted by molar-refractivity contribution is -0.00505. The molecular weight excluding hydrogens is 294 g/mol. The third-order valence-corrected chi connectivity index (χ3v) is 4.50. The van der Waals surface area contributed by atoms with Gasteiger partial charge in [-0.25, -0.2) is 4.79 Å². The topological polar surface area (TPSA) is 108 Å². The van der Waals surface area contributed by atoms with Gasteiger partial charge in [0.1, 0.15) is 9.88 Å². The summed E-state index contributed by atoms with van der Waals surface area (Å²) in [6.07, 6.45) is 0.0266. The van der Waals surface area contributed by atoms with Gasteiger partial charge in [0.25, 0.3) is 5.91 Å². The van der Waals surface area contributed by atoms with E-state index in [1.807, 2.05) is 18.7 Å². The molecule has 21 heavy (non-hydrogen) atoms. The molecule has 1 fully saturated rings. The molecule has 116 valence electrons. The number of carbonyl (C=O) groups excluding carboxylic acids is 2. The molecule has 2 heterocycles. The van der Waals surface area contributed by atoms with Gasteiger partial charge < -0.3 is 25.8 Å². The Hall–Kier alpha value is -1.80. The molecule has 2 atom stereocenters. The highest BCUT2D eigenvalue weighted by Gasteiger charge is 2.31. The Balaban J connectivity index is 2.47. The Morgan fingerprint density at radius 2 is 1.90 bits per heavy atom. The average molecular weight is 313 g/mol. The number of hydrogen-bond acceptors (Lipinski definition) is 7. The number of morpholine rings is 1. The molecule has 0 unspecified atom stereocenters. The molecule has 1 aromatic rings. The van der Waals surface area contributed by atoms with Gasteiger partial charge >= 0.3 is 5.97 Å². The normalized spacial score (nSPS) is 22.1. The SMILES string of the molecule is COC(=O)c1sc(N2C[C@@H](C)O[C@@H](C)C2)c(C(N)=O)c1N. The number of amides is 1. The maximum Gasteiger partial charge on any atom is 0.350 e. The summed E-state index contributed by atoms with van der Waals surface area (Å²) in [6, 6.07) is 0. The van der Waals surface area contributed by atoms with Crippen LogP contribution in [0.3, 0.4) is 0 Å². The molecular formula is C13H19N3O4S. The molecule has 4 N–H and O–H groups in total. The minimum absolute atomic E-state index is 0.0133. The number of esters is 1. The number of hydrogen-bond donors (Lipinski definition) is 2. The van der Waals surface area contributed by atoms with Crippen LogP contribution in [0.5, 0.6) is 0 Å². The Kier molecular flexibility index (Phi) is 4.38. The lowest BCUT2D eigenvalue weighted by atomic mass is 10.2. The van der Waals surface area contributed by atoms with Gasteiger partial charge in [0.2, 0.25) is 0 Å². The second kappa shape index (κ2) is 5.90. The summed E-state index contributed by atoms with van der Waals surface area (Å²) in [5.41, 5.74) is 11.6. The Morgan fingerprint density at radius 1 is 1.33 bits per heavy atom. The van der Waals surface area contributed by atoms with Crippen LogP contribution in [0.25, 0.3) is 0 Å². The van der Waals surface area contributed by atoms with Gasteiger partial charge in [-0.2, -0.15) is 0 Å². The number of thiophene rings is 1. The van der Waals surface area contributed by atoms with Crippen molar-refractivity contribution in [3.63, 3.8) is 0 Å². The van der Waals surface area contributed by atoms with Gasteiger partial charge in [0, 0.05) is 13.1 Å². The predicted molar refractivity (Wildman–Crippen MR) is 80.8 cm³/mol. The molecule has 1 amide bonds. The fraction of sp³-hybridized carbons (Fsp3) is 0.538. The minimum Gasteiger partial charge on any atom is -0.465 e. The van der Waals surface area contributed by atoms with E-state index in [-0.39, 0.29) is 28.3 Å². The van der Waals surface area contributed by atoms with Crippen LogP contribution in [-0.4, -0.2) is 44.3 Å². The molecule has 7 nitrogen and oxygen atoms in total. The maximum absolute atomic E-state index is 11.7. The number of anilines is 2. The van der Waals surface area contributed by atoms with E-state index >= 15 is 0 Å². The average Bonchev–Trinajstić information content (AvgIpc) is 2.74. The van der Waals surface area contributed by atoms with Crippen molar-refractivity contribution >= 4 is 33.9 Å². The van der Waals surface area contributed by atoms with Crippen molar-refractivity contribution < 1.29 is 19.1 Å². The first-order valence-corrected chi connectivity index (χ1v) is 7.37. The van der Waals surface area contributed by atoms with E-state index in [9.17, 15) is 9.59 Å². The number of nitrogens with two attached hydrogens (primary N) is 2. The summed E-state index contributed by atoms with van der Waals surface area (Å²) in [5, 5.41) is 0.599. The van der Waals surface area contributed by atoms with Crippen LogP contribution in [0.4, 0.5) is 10.7 Å². The zero-order valence-corrected chi connectivity index (χ0v) is 13.0. The van der Waals surface area contributed by atoms with Gasteiger partial charge in [-0.15, -0.1) is 11.3 Å². The maximum atomic E-state index is 11.7. The van der Waals surface area contributed by atoms with Crippen molar-refractivity contribution in [1.82, 2.24) is 0 Å². The molecule has 1 aliphatic heterocycles. The van der Waals surface area contributed by atoms with Crippen molar-refractivity contribution in [2.45, 2.75) is 26.1 Å². The highest BCUT2D eigenvalue weighted by atomic mass is 32.1. The van der Waals surface area contributed by atoms with Crippen molar-refractivity contribution in [2.24, 2.45) is 5.73 Å². The fourth-order valence-electron chi connectivity index (χ4n) is 2.48. The van der Waals surface area contributed by atoms with Crippen molar-refractivity contribution in [1.29, 1.82) is 0 Å². The molecule has 2 rings (SSSR count). The standard InChI is InChI=1S/C13H19N3O4S/c1-6-4-16(5-7(2)20-6)12-8(11(15)17)9(14)10(21-12)13(18)19-3/h6-7H,4-5,14H2,1-3H3,(H2,15,17)/t6-,7+. The fourth-order valence-corrected chi connectivity index (χ4v) is 3.64. The third kappa shape index (κ3) is 2.96. The molecule has 0 bridgehead atoms. The second-order valence-electron chi connectivity index (χ2n) is 5.04. The summed E-state index contributed by atoms with van der Waals surface area (Å²) in [4.78, 5) is 25.6. The number of nitrogen functional groups attached to an aromatic ring is 1. The molecule has 0 aliphatic carbocycles. The lowest BCUT2D eigenvalue weighted by Gasteiger charge is -2.36. The molecule has 1 aromatic heterocycles. The van der Waals surface area contributed by atoms with Crippen molar-refractivity contribution in [2.75, 3.05) is 30.8 Å². The lowest BCUT2D eigenvalue weighted by Crippen LogP contribution is -2.45. The van der Waals surface area contributed by atoms with E-state index in [1.54, 1.807) is 0 Å². The van der Waals surface area contributed by atoms with Crippen molar-refractivity contribution in [3.05, 3.63) is 10.4 Å². The third-order valence-electron chi connectivity index (χ3n) is 3.25. The molecule has 8 heteroatoms. The summed E-state index contributed by atoms with van der Waals surface area (Å²) in [5.74, 6) is -1.22. The molecule has 0 spiro atoms. The van der Waals surface area contributed by atoms with Crippen LogP contribution in [0.15, 0.2) is 0 Å². The highest BCUT2D eigenvalue weighted by Crippen LogP contribution is 2.39. The monoisotopic (exact) mass is 313 g/mol. The quantitative estimate of drug-likeness (QED) is 0.800. The summed E-state index contributed by atoms with van der Waals surface area (Å²) in [7, 11) is 1.27. The van der Waals surface area contributed by atoms with E-state index in [4.69, 9.17) is 20.9 Å². The zero-order valence-electron chi connectivity index (χ0n) is 12.2. The van der Waals surface area contributed by atoms with E-state index < -0.39 is 11.9 Å². The Morgan fingerprint density at radius 3 is 2.38 bits per heavy atom. The molecule has 0 saturated carbocycles. The Bertz CT molecular complexity index is 562. The number of rotatable bonds is 3. The van der Waals surface area contributed by atoms with Gasteiger partial charge in [-0.1, -0.05) is 0 Å². The molecule has 0 aromatic carbocycles. The van der Waals surface area contributed by atoms with Crippen LogP contribution in [0.1, 0.15) is 33.9 Å². The first kappa shape index (κ1) is 15.6. The zero-order chi connectivity index (χ0) is 15.7. The van der Waals surface area contributed by atoms with E-state index in [0.29, 0.717) is 18.1 Å². The van der Waals surface area contributed by atoms with Gasteiger partial charge in [-0.05, 0) is 13.8 Å². The number of primary amides is 1. The minimum atomic E-state index is -0.652. The molecule has 1 saturated heterocycles. The smallest absolute Gasteiger partial charge is 0.350 e. The number of ether oxygens (including phenoxy) is 2. The van der Waals surface area contributed by atoms with Gasteiger partial charge in [-0.3, -0.25) is 4.79 Å². The van der Waals surface area contributed by atoms with Crippen molar-refractivity contribution in [3.8, 4) is 0 Å². The Labute approximate surface area is 126 Å². The van der Waals surface area contributed by atoms with Crippen LogP contribution >= 0.6 is 11.3 Å². The first-order valence-electron chi connectivity index (χ1n) is 6.55. The summed E-state index contributed by atoms with van der Waals surface area (Å²) < 4.78 is 10.4. The molecule has 1 aliphatic rings.